The quantitative estimate of drug-likeness (QED) is 0.762. The average Bonchev–Trinajstić information content (AvgIpc) is 3.13. The second-order valence-corrected chi connectivity index (χ2v) is 8.99. The molecule has 0 bridgehead atoms. The minimum Gasteiger partial charge on any atom is -0.331 e. The van der Waals surface area contributed by atoms with Crippen LogP contribution in [0.5, 0.6) is 0 Å². The van der Waals surface area contributed by atoms with Crippen LogP contribution in [0.25, 0.3) is 0 Å². The molecular formula is C21H25F2N3OS. The van der Waals surface area contributed by atoms with E-state index in [1.807, 2.05) is 17.2 Å². The standard InChI is InChI=1S/C21H25F2N3OS/c1-15-24-18(14-28-15)13-26-20(27)5-7-21(26)6-2-9-25(10-8-21)12-16-11-17(22)3-4-19(16)23/h3-4,11,14H,2,5-10,12-13H2,1H3/t21-/m1/s1. The first-order valence-corrected chi connectivity index (χ1v) is 10.7. The van der Waals surface area contributed by atoms with Crippen molar-refractivity contribution in [1.82, 2.24) is 14.8 Å². The predicted molar refractivity (Wildman–Crippen MR) is 105 cm³/mol. The molecule has 1 aromatic heterocycles. The Kier molecular flexibility index (Phi) is 5.47. The van der Waals surface area contributed by atoms with Crippen molar-refractivity contribution in [1.29, 1.82) is 0 Å². The number of amides is 1. The number of hydrogen-bond donors (Lipinski definition) is 0. The SMILES string of the molecule is Cc1nc(CN2C(=O)CC[C@@]23CCCN(Cc2cc(F)ccc2F)CC3)cs1. The van der Waals surface area contributed by atoms with Crippen molar-refractivity contribution in [3.05, 3.63) is 51.5 Å². The average molecular weight is 406 g/mol. The first kappa shape index (κ1) is 19.5. The number of carbonyl (C=O) groups is 1. The minimum absolute atomic E-state index is 0.135. The molecule has 4 nitrogen and oxygen atoms in total. The Labute approximate surface area is 168 Å². The molecule has 4 rings (SSSR count). The van der Waals surface area contributed by atoms with Crippen LogP contribution in [0.2, 0.25) is 0 Å². The molecule has 0 N–H and O–H groups in total. The molecule has 2 aromatic rings. The largest absolute Gasteiger partial charge is 0.331 e. The van der Waals surface area contributed by atoms with E-state index in [1.54, 1.807) is 11.3 Å². The van der Waals surface area contributed by atoms with Gasteiger partial charge in [-0.2, -0.15) is 0 Å². The third kappa shape index (κ3) is 3.96. The van der Waals surface area contributed by atoms with Crippen molar-refractivity contribution < 1.29 is 13.6 Å². The van der Waals surface area contributed by atoms with E-state index in [9.17, 15) is 13.6 Å². The molecule has 2 aliphatic rings. The molecule has 3 heterocycles. The van der Waals surface area contributed by atoms with E-state index in [0.717, 1.165) is 55.5 Å². The van der Waals surface area contributed by atoms with Gasteiger partial charge in [0.05, 0.1) is 17.2 Å². The van der Waals surface area contributed by atoms with E-state index in [2.05, 4.69) is 9.88 Å². The number of benzene rings is 1. The van der Waals surface area contributed by atoms with Gasteiger partial charge in [0, 0.05) is 36.0 Å². The van der Waals surface area contributed by atoms with Gasteiger partial charge >= 0.3 is 0 Å². The Morgan fingerprint density at radius 3 is 2.82 bits per heavy atom. The number of carbonyl (C=O) groups excluding carboxylic acids is 1. The Hall–Kier alpha value is -1.86. The molecule has 2 saturated heterocycles. The highest BCUT2D eigenvalue weighted by atomic mass is 32.1. The Morgan fingerprint density at radius 1 is 1.18 bits per heavy atom. The van der Waals surface area contributed by atoms with Gasteiger partial charge in [0.15, 0.2) is 0 Å². The van der Waals surface area contributed by atoms with E-state index < -0.39 is 5.82 Å². The van der Waals surface area contributed by atoms with Gasteiger partial charge in [0.1, 0.15) is 11.6 Å². The maximum absolute atomic E-state index is 14.0. The lowest BCUT2D eigenvalue weighted by molar-refractivity contribution is -0.132. The molecule has 7 heteroatoms. The number of aromatic nitrogens is 1. The molecule has 28 heavy (non-hydrogen) atoms. The fraction of sp³-hybridized carbons (Fsp3) is 0.524. The highest BCUT2D eigenvalue weighted by Gasteiger charge is 2.45. The molecule has 1 atom stereocenters. The zero-order valence-corrected chi connectivity index (χ0v) is 16.9. The van der Waals surface area contributed by atoms with Gasteiger partial charge in [-0.05, 0) is 57.4 Å². The monoisotopic (exact) mass is 405 g/mol. The Balaban J connectivity index is 1.47. The number of hydrogen-bond acceptors (Lipinski definition) is 4. The van der Waals surface area contributed by atoms with Crippen LogP contribution in [0.4, 0.5) is 8.78 Å². The van der Waals surface area contributed by atoms with Gasteiger partial charge in [-0.3, -0.25) is 9.69 Å². The van der Waals surface area contributed by atoms with Crippen molar-refractivity contribution in [3.8, 4) is 0 Å². The summed E-state index contributed by atoms with van der Waals surface area (Å²) in [4.78, 5) is 21.4. The predicted octanol–water partition coefficient (Wildman–Crippen LogP) is 4.28. The van der Waals surface area contributed by atoms with Crippen molar-refractivity contribution in [2.45, 2.75) is 57.7 Å². The van der Waals surface area contributed by atoms with Gasteiger partial charge in [0.25, 0.3) is 0 Å². The van der Waals surface area contributed by atoms with Gasteiger partial charge < -0.3 is 4.90 Å². The molecule has 1 aromatic carbocycles. The fourth-order valence-electron chi connectivity index (χ4n) is 4.59. The summed E-state index contributed by atoms with van der Waals surface area (Å²) in [5.41, 5.74) is 1.22. The number of halogens is 2. The van der Waals surface area contributed by atoms with Crippen molar-refractivity contribution in [3.63, 3.8) is 0 Å². The first-order chi connectivity index (χ1) is 13.4. The van der Waals surface area contributed by atoms with Crippen LogP contribution >= 0.6 is 11.3 Å². The van der Waals surface area contributed by atoms with E-state index in [-0.39, 0.29) is 17.3 Å². The molecule has 0 saturated carbocycles. The number of likely N-dealkylation sites (tertiary alicyclic amines) is 2. The van der Waals surface area contributed by atoms with E-state index in [0.29, 0.717) is 25.1 Å². The summed E-state index contributed by atoms with van der Waals surface area (Å²) in [5.74, 6) is -0.568. The molecular weight excluding hydrogens is 380 g/mol. The van der Waals surface area contributed by atoms with Crippen molar-refractivity contribution in [2.24, 2.45) is 0 Å². The van der Waals surface area contributed by atoms with Crippen LogP contribution < -0.4 is 0 Å². The van der Waals surface area contributed by atoms with Crippen LogP contribution in [0.1, 0.15) is 48.4 Å². The van der Waals surface area contributed by atoms with Gasteiger partial charge in [-0.15, -0.1) is 11.3 Å². The Bertz CT molecular complexity index is 871. The third-order valence-corrected chi connectivity index (χ3v) is 6.90. The third-order valence-electron chi connectivity index (χ3n) is 6.08. The zero-order valence-electron chi connectivity index (χ0n) is 16.1. The molecule has 0 unspecified atom stereocenters. The Morgan fingerprint density at radius 2 is 2.04 bits per heavy atom. The van der Waals surface area contributed by atoms with Gasteiger partial charge in [0.2, 0.25) is 5.91 Å². The zero-order chi connectivity index (χ0) is 19.7. The van der Waals surface area contributed by atoms with Gasteiger partial charge in [-0.1, -0.05) is 0 Å². The smallest absolute Gasteiger partial charge is 0.223 e. The minimum atomic E-state index is -0.409. The molecule has 1 spiro atoms. The number of thiazole rings is 1. The molecule has 2 fully saturated rings. The summed E-state index contributed by atoms with van der Waals surface area (Å²) in [6.07, 6.45) is 4.21. The van der Waals surface area contributed by atoms with Crippen molar-refractivity contribution in [2.75, 3.05) is 13.1 Å². The number of aryl methyl sites for hydroxylation is 1. The lowest BCUT2D eigenvalue weighted by Gasteiger charge is -2.38. The maximum atomic E-state index is 14.0. The highest BCUT2D eigenvalue weighted by molar-refractivity contribution is 7.09. The van der Waals surface area contributed by atoms with Gasteiger partial charge in [-0.25, -0.2) is 13.8 Å². The molecule has 2 aliphatic heterocycles. The maximum Gasteiger partial charge on any atom is 0.223 e. The summed E-state index contributed by atoms with van der Waals surface area (Å²) >= 11 is 1.61. The van der Waals surface area contributed by atoms with Crippen LogP contribution in [0, 0.1) is 18.6 Å². The summed E-state index contributed by atoms with van der Waals surface area (Å²) in [6, 6.07) is 3.63. The fourth-order valence-corrected chi connectivity index (χ4v) is 5.19. The van der Waals surface area contributed by atoms with Crippen LogP contribution in [-0.4, -0.2) is 39.3 Å². The summed E-state index contributed by atoms with van der Waals surface area (Å²) in [7, 11) is 0. The van der Waals surface area contributed by atoms with Crippen LogP contribution in [0.3, 0.4) is 0 Å². The molecule has 150 valence electrons. The second-order valence-electron chi connectivity index (χ2n) is 7.93. The van der Waals surface area contributed by atoms with E-state index in [4.69, 9.17) is 0 Å². The summed E-state index contributed by atoms with van der Waals surface area (Å²) < 4.78 is 27.5. The molecule has 0 radical (unpaired) electrons. The highest BCUT2D eigenvalue weighted by Crippen LogP contribution is 2.40. The van der Waals surface area contributed by atoms with E-state index >= 15 is 0 Å². The van der Waals surface area contributed by atoms with E-state index in [1.165, 1.54) is 12.1 Å². The molecule has 0 aliphatic carbocycles. The summed E-state index contributed by atoms with van der Waals surface area (Å²) in [6.45, 7) is 4.55. The normalized spacial score (nSPS) is 23.5. The topological polar surface area (TPSA) is 36.4 Å². The number of nitrogens with zero attached hydrogens (tertiary/aromatic N) is 3. The first-order valence-electron chi connectivity index (χ1n) is 9.83. The van der Waals surface area contributed by atoms with Crippen molar-refractivity contribution >= 4 is 17.2 Å². The number of rotatable bonds is 4. The second kappa shape index (κ2) is 7.87. The molecule has 1 amide bonds. The van der Waals surface area contributed by atoms with Crippen LogP contribution in [0.15, 0.2) is 23.6 Å². The van der Waals surface area contributed by atoms with Crippen LogP contribution in [-0.2, 0) is 17.9 Å². The lowest BCUT2D eigenvalue weighted by Crippen LogP contribution is -2.46. The lowest BCUT2D eigenvalue weighted by atomic mass is 9.87. The summed E-state index contributed by atoms with van der Waals surface area (Å²) in [5, 5.41) is 3.05.